The van der Waals surface area contributed by atoms with E-state index in [9.17, 15) is 18.8 Å². The van der Waals surface area contributed by atoms with E-state index in [0.29, 0.717) is 105 Å². The summed E-state index contributed by atoms with van der Waals surface area (Å²) >= 11 is 6.48. The monoisotopic (exact) mass is 1460 g/mol. The molecule has 0 radical (unpaired) electrons. The third-order valence-electron chi connectivity index (χ3n) is 14.3. The Morgan fingerprint density at radius 1 is 0.418 bits per heavy atom. The number of pyridine rings is 8. The molecule has 28 heteroatoms. The number of methoxy groups -OCH3 is 7. The van der Waals surface area contributed by atoms with E-state index in [4.69, 9.17) is 50.4 Å². The molecule has 0 atom stereocenters. The molecule has 0 fully saturated rings. The molecule has 506 valence electrons. The van der Waals surface area contributed by atoms with Gasteiger partial charge >= 0.3 is 0 Å². The number of ether oxygens (including phenoxy) is 7. The van der Waals surface area contributed by atoms with Gasteiger partial charge in [-0.05, 0) is 140 Å². The fourth-order valence-electron chi connectivity index (χ4n) is 9.25. The first-order chi connectivity index (χ1) is 47.5. The number of rotatable bonds is 25. The van der Waals surface area contributed by atoms with Gasteiger partial charge in [-0.1, -0.05) is 12.1 Å². The molecular formula is C70H70Br2FN15O10. The van der Waals surface area contributed by atoms with Crippen LogP contribution in [0.3, 0.4) is 0 Å². The van der Waals surface area contributed by atoms with Crippen molar-refractivity contribution in [3.05, 3.63) is 213 Å². The molecule has 0 unspecified atom stereocenters. The minimum absolute atomic E-state index is 0.127. The molecule has 0 aliphatic carbocycles. The summed E-state index contributed by atoms with van der Waals surface area (Å²) < 4.78 is 50.4. The highest BCUT2D eigenvalue weighted by Gasteiger charge is 2.19. The average molecular weight is 1460 g/mol. The van der Waals surface area contributed by atoms with Crippen molar-refractivity contribution in [2.24, 2.45) is 0 Å². The minimum Gasteiger partial charge on any atom is -0.493 e. The quantitative estimate of drug-likeness (QED) is 0.0159. The van der Waals surface area contributed by atoms with E-state index in [-0.39, 0.29) is 45.9 Å². The fourth-order valence-corrected chi connectivity index (χ4v) is 9.92. The van der Waals surface area contributed by atoms with Crippen molar-refractivity contribution in [2.75, 3.05) is 122 Å². The highest BCUT2D eigenvalue weighted by molar-refractivity contribution is 9.10. The van der Waals surface area contributed by atoms with Gasteiger partial charge in [0.15, 0.2) is 40.3 Å². The van der Waals surface area contributed by atoms with Crippen LogP contribution in [0.4, 0.5) is 39.3 Å². The molecule has 11 aromatic rings. The lowest BCUT2D eigenvalue weighted by atomic mass is 10.0. The second-order valence-electron chi connectivity index (χ2n) is 20.7. The number of aromatic amines is 1. The Morgan fingerprint density at radius 3 is 1.21 bits per heavy atom. The number of carbonyl (C=O) groups excluding carboxylic acids is 3. The van der Waals surface area contributed by atoms with Crippen LogP contribution in [0.25, 0.3) is 44.4 Å². The summed E-state index contributed by atoms with van der Waals surface area (Å²) in [5.41, 5.74) is 25.9. The Morgan fingerprint density at radius 2 is 0.806 bits per heavy atom. The van der Waals surface area contributed by atoms with Crippen LogP contribution in [-0.2, 0) is 14.2 Å². The van der Waals surface area contributed by atoms with Crippen molar-refractivity contribution < 1.29 is 51.9 Å². The Kier molecular flexibility index (Phi) is 26.9. The van der Waals surface area contributed by atoms with E-state index in [2.05, 4.69) is 98.7 Å². The van der Waals surface area contributed by atoms with E-state index in [1.165, 1.54) is 24.7 Å². The van der Waals surface area contributed by atoms with Crippen LogP contribution in [0.1, 0.15) is 47.8 Å². The first-order valence-electron chi connectivity index (χ1n) is 29.8. The van der Waals surface area contributed by atoms with Gasteiger partial charge in [0.25, 0.3) is 0 Å². The zero-order valence-corrected chi connectivity index (χ0v) is 57.5. The molecule has 0 aliphatic heterocycles. The SMILES string of the molecule is COCCNc1ccc(-c2c[nH]c3ncc(-c4ccc(OC)c(OC)c4)cc23)cn1.COCCNc1ccc(C(=O)c2cc(-c3ccc(OC)c(OC)c3)cnc2N)cn1.COCCNc1ccc(C(=O)c2cc(Br)cnc2N)cn1.Nc1ncc(Br)cc1C(=O)c1ccc(F)nc1. The van der Waals surface area contributed by atoms with Crippen molar-refractivity contribution in [1.29, 1.82) is 0 Å². The number of hydrogen-bond donors (Lipinski definition) is 7. The number of aromatic nitrogens is 9. The molecule has 10 N–H and O–H groups in total. The van der Waals surface area contributed by atoms with E-state index in [0.717, 1.165) is 62.5 Å². The van der Waals surface area contributed by atoms with E-state index < -0.39 is 5.95 Å². The molecule has 98 heavy (non-hydrogen) atoms. The summed E-state index contributed by atoms with van der Waals surface area (Å²) in [5.74, 6) is 3.79. The smallest absolute Gasteiger partial charge is 0.212 e. The number of nitrogen functional groups attached to an aromatic ring is 3. The second kappa shape index (κ2) is 36.2. The fraction of sp³-hybridized carbons (Fsp3) is 0.186. The third kappa shape index (κ3) is 19.6. The minimum atomic E-state index is -0.637. The number of nitrogens with one attached hydrogen (secondary N) is 4. The standard InChI is InChI=1S/C23H24N4O3.C22H24N4O4.C14H15BrN4O2.C11H7BrFN3O/c1-28-9-8-24-22-7-5-16(12-25-22)19-14-27-23-18(19)10-17(13-26-23)15-4-6-20(29-2)21(11-15)30-3;1-28-9-8-24-20-7-5-15(12-25-20)21(27)17-10-16(13-26-22(17)23)14-4-6-18(29-2)19(11-14)30-3;1-21-5-4-17-12-3-2-9(7-18-12)13(20)11-6-10(15)8-19-14(11)16;12-7-3-8(11(14)16-5-7)10(17)6-1-2-9(13)15-4-6/h4-7,10-14H,8-9H2,1-3H3,(H,24,25)(H,26,27);4-7,10-13H,8-9H2,1-3H3,(H2,23,26)(H,24,25);2-3,6-8H,4-5H2,1H3,(H2,16,19)(H,17,18);1-5H,(H2,14,16). The third-order valence-corrected chi connectivity index (χ3v) is 15.2. The van der Waals surface area contributed by atoms with Crippen LogP contribution < -0.4 is 52.1 Å². The predicted octanol–water partition coefficient (Wildman–Crippen LogP) is 11.7. The van der Waals surface area contributed by atoms with Crippen molar-refractivity contribution in [1.82, 2.24) is 44.9 Å². The molecular weight excluding hydrogens is 1390 g/mol. The van der Waals surface area contributed by atoms with Crippen LogP contribution in [0.15, 0.2) is 174 Å². The number of carbonyl (C=O) groups is 3. The molecule has 9 heterocycles. The molecule has 0 amide bonds. The molecule has 0 bridgehead atoms. The number of halogens is 3. The molecule has 0 aliphatic rings. The first kappa shape index (κ1) is 72.8. The summed E-state index contributed by atoms with van der Waals surface area (Å²) in [6.45, 7) is 3.78. The molecule has 25 nitrogen and oxygen atoms in total. The Labute approximate surface area is 580 Å². The summed E-state index contributed by atoms with van der Waals surface area (Å²) in [6, 6.07) is 31.8. The summed E-state index contributed by atoms with van der Waals surface area (Å²) in [6.07, 6.45) is 14.5. The molecule has 11 rings (SSSR count). The Balaban J connectivity index is 0.000000171. The summed E-state index contributed by atoms with van der Waals surface area (Å²) in [4.78, 5) is 73.6. The van der Waals surface area contributed by atoms with Crippen LogP contribution in [0.5, 0.6) is 23.0 Å². The number of nitrogens with two attached hydrogens (primary N) is 3. The normalized spacial score (nSPS) is 10.6. The lowest BCUT2D eigenvalue weighted by Crippen LogP contribution is -2.10. The van der Waals surface area contributed by atoms with Gasteiger partial charge in [-0.2, -0.15) is 4.39 Å². The van der Waals surface area contributed by atoms with Gasteiger partial charge < -0.3 is 71.3 Å². The van der Waals surface area contributed by atoms with Crippen molar-refractivity contribution in [3.63, 3.8) is 0 Å². The second-order valence-corrected chi connectivity index (χ2v) is 22.5. The van der Waals surface area contributed by atoms with Crippen LogP contribution >= 0.6 is 31.9 Å². The average Bonchev–Trinajstić information content (AvgIpc) is 1.55. The van der Waals surface area contributed by atoms with Gasteiger partial charge in [0.1, 0.15) is 40.6 Å². The van der Waals surface area contributed by atoms with E-state index in [1.807, 2.05) is 61.1 Å². The lowest BCUT2D eigenvalue weighted by molar-refractivity contribution is 0.103. The van der Waals surface area contributed by atoms with Crippen LogP contribution in [0.2, 0.25) is 0 Å². The van der Waals surface area contributed by atoms with Gasteiger partial charge in [0.05, 0.1) is 65.0 Å². The zero-order chi connectivity index (χ0) is 70.1. The number of nitrogens with zero attached hydrogens (tertiary/aromatic N) is 8. The maximum atomic E-state index is 13.0. The largest absolute Gasteiger partial charge is 0.493 e. The maximum absolute atomic E-state index is 13.0. The maximum Gasteiger partial charge on any atom is 0.212 e. The van der Waals surface area contributed by atoms with Gasteiger partial charge in [-0.15, -0.1) is 0 Å². The molecule has 0 saturated carbocycles. The highest BCUT2D eigenvalue weighted by Crippen LogP contribution is 2.36. The van der Waals surface area contributed by atoms with Crippen LogP contribution in [0, 0.1) is 5.95 Å². The zero-order valence-electron chi connectivity index (χ0n) is 54.4. The summed E-state index contributed by atoms with van der Waals surface area (Å²) in [5, 5.41) is 10.4. The highest BCUT2D eigenvalue weighted by atomic mass is 79.9. The van der Waals surface area contributed by atoms with E-state index in [1.54, 1.807) is 111 Å². The van der Waals surface area contributed by atoms with Gasteiger partial charge in [0, 0.05) is 150 Å². The molecule has 0 saturated heterocycles. The summed E-state index contributed by atoms with van der Waals surface area (Å²) in [7, 11) is 11.3. The van der Waals surface area contributed by atoms with E-state index >= 15 is 0 Å². The van der Waals surface area contributed by atoms with Gasteiger partial charge in [-0.25, -0.2) is 39.9 Å². The van der Waals surface area contributed by atoms with Gasteiger partial charge in [0.2, 0.25) is 5.95 Å². The molecule has 2 aromatic carbocycles. The number of H-pyrrole nitrogens is 1. The lowest BCUT2D eigenvalue weighted by Gasteiger charge is -2.11. The number of benzene rings is 2. The number of ketones is 3. The Hall–Kier alpha value is -11.0. The molecule has 0 spiro atoms. The first-order valence-corrected chi connectivity index (χ1v) is 31.4. The van der Waals surface area contributed by atoms with Crippen molar-refractivity contribution >= 4 is 95.2 Å². The van der Waals surface area contributed by atoms with Gasteiger partial charge in [-0.3, -0.25) is 14.4 Å². The Bertz CT molecular complexity index is 4480. The van der Waals surface area contributed by atoms with Crippen molar-refractivity contribution in [3.8, 4) is 56.4 Å². The van der Waals surface area contributed by atoms with Crippen LogP contribution in [-0.4, -0.2) is 151 Å². The predicted molar refractivity (Wildman–Crippen MR) is 382 cm³/mol. The molecule has 9 aromatic heterocycles. The number of fused-ring (bicyclic) bond motifs is 1. The number of hydrogen-bond acceptors (Lipinski definition) is 24. The topological polar surface area (TPSA) is 349 Å². The van der Waals surface area contributed by atoms with Crippen molar-refractivity contribution in [2.45, 2.75) is 0 Å². The number of anilines is 6.